The molecule has 1 aliphatic heterocycles. The first-order valence-corrected chi connectivity index (χ1v) is 10.5. The first kappa shape index (κ1) is 23.9. The lowest BCUT2D eigenvalue weighted by Gasteiger charge is -2.35. The molecule has 9 atom stereocenters. The molecular formula is C12H25O12S2+. The van der Waals surface area contributed by atoms with Gasteiger partial charge in [-0.15, -0.1) is 0 Å². The van der Waals surface area contributed by atoms with Gasteiger partial charge in [0.1, 0.15) is 54.2 Å². The minimum atomic E-state index is -5.14. The highest BCUT2D eigenvalue weighted by atomic mass is 32.3. The number of hydrogen-bond acceptors (Lipinski definition) is 11. The van der Waals surface area contributed by atoms with Gasteiger partial charge in [-0.3, -0.25) is 4.55 Å². The Morgan fingerprint density at radius 1 is 1.04 bits per heavy atom. The fourth-order valence-corrected chi connectivity index (χ4v) is 5.81. The Kier molecular flexibility index (Phi) is 9.12. The molecule has 156 valence electrons. The van der Waals surface area contributed by atoms with E-state index in [1.807, 2.05) is 0 Å². The Morgan fingerprint density at radius 3 is 2.08 bits per heavy atom. The van der Waals surface area contributed by atoms with Gasteiger partial charge in [0, 0.05) is 10.9 Å². The highest BCUT2D eigenvalue weighted by Gasteiger charge is 2.51. The molecule has 12 nitrogen and oxygen atoms in total. The number of aliphatic hydroxyl groups excluding tert-OH is 8. The zero-order valence-corrected chi connectivity index (χ0v) is 15.1. The third-order valence-corrected chi connectivity index (χ3v) is 7.32. The third kappa shape index (κ3) is 6.22. The van der Waals surface area contributed by atoms with Gasteiger partial charge in [-0.1, -0.05) is 0 Å². The molecule has 0 aromatic rings. The van der Waals surface area contributed by atoms with E-state index in [-0.39, 0.29) is 5.75 Å². The van der Waals surface area contributed by atoms with Crippen LogP contribution in [0.5, 0.6) is 0 Å². The van der Waals surface area contributed by atoms with Crippen LogP contribution >= 0.6 is 0 Å². The van der Waals surface area contributed by atoms with Crippen LogP contribution in [0.3, 0.4) is 0 Å². The maximum Gasteiger partial charge on any atom is 0.397 e. The molecule has 1 rings (SSSR count). The fraction of sp³-hybridized carbons (Fsp3) is 1.00. The molecule has 0 aliphatic carbocycles. The molecule has 0 spiro atoms. The van der Waals surface area contributed by atoms with Crippen molar-refractivity contribution in [2.75, 3.05) is 24.7 Å². The zero-order chi connectivity index (χ0) is 20.2. The lowest BCUT2D eigenvalue weighted by Crippen LogP contribution is -2.60. The predicted octanol–water partition coefficient (Wildman–Crippen LogP) is -5.68. The van der Waals surface area contributed by atoms with Crippen LogP contribution in [0.4, 0.5) is 0 Å². The van der Waals surface area contributed by atoms with E-state index < -0.39 is 88.2 Å². The molecular weight excluding hydrogens is 400 g/mol. The molecule has 9 N–H and O–H groups in total. The van der Waals surface area contributed by atoms with Crippen LogP contribution in [0.25, 0.3) is 0 Å². The lowest BCUT2D eigenvalue weighted by atomic mass is 10.0. The van der Waals surface area contributed by atoms with Gasteiger partial charge < -0.3 is 40.9 Å². The zero-order valence-electron chi connectivity index (χ0n) is 13.5. The van der Waals surface area contributed by atoms with Crippen LogP contribution < -0.4 is 0 Å². The van der Waals surface area contributed by atoms with E-state index in [1.165, 1.54) is 0 Å². The second-order valence-corrected chi connectivity index (χ2v) is 9.33. The predicted molar refractivity (Wildman–Crippen MR) is 87.5 cm³/mol. The number of hydrogen-bond donors (Lipinski definition) is 9. The van der Waals surface area contributed by atoms with Crippen molar-refractivity contribution in [3.05, 3.63) is 0 Å². The van der Waals surface area contributed by atoms with Gasteiger partial charge in [0.2, 0.25) is 0 Å². The van der Waals surface area contributed by atoms with E-state index in [9.17, 15) is 44.2 Å². The second-order valence-electron chi connectivity index (χ2n) is 5.94. The first-order chi connectivity index (χ1) is 11.9. The highest BCUT2D eigenvalue weighted by molar-refractivity contribution is 7.97. The maximum absolute atomic E-state index is 10.9. The van der Waals surface area contributed by atoms with Crippen LogP contribution in [-0.2, 0) is 25.5 Å². The van der Waals surface area contributed by atoms with Crippen LogP contribution in [0.1, 0.15) is 0 Å². The standard InChI is InChI=1S/C12H24O12S2/c13-1-5(15)10(19)12(24-26(21,22)23)7(17)4-25-3-6(16)9(18)11(20)8(25)2-14/h5-20H,1-4H2/p+1/t5-,6-,7+,8+,9-,10-,11-,12-,25?/m1/s1. The average Bonchev–Trinajstić information content (AvgIpc) is 2.55. The minimum absolute atomic E-state index is 0.141. The summed E-state index contributed by atoms with van der Waals surface area (Å²) in [5.41, 5.74) is 0. The summed E-state index contributed by atoms with van der Waals surface area (Å²) in [6.45, 7) is -1.60. The molecule has 26 heavy (non-hydrogen) atoms. The molecule has 1 saturated heterocycles. The Hall–Kier alpha value is -0.100. The van der Waals surface area contributed by atoms with Gasteiger partial charge >= 0.3 is 10.4 Å². The largest absolute Gasteiger partial charge is 0.397 e. The lowest BCUT2D eigenvalue weighted by molar-refractivity contribution is -0.100. The quantitative estimate of drug-likeness (QED) is 0.124. The van der Waals surface area contributed by atoms with Crippen LogP contribution in [-0.4, -0.2) is 127 Å². The van der Waals surface area contributed by atoms with Gasteiger partial charge in [0.25, 0.3) is 0 Å². The molecule has 0 saturated carbocycles. The van der Waals surface area contributed by atoms with E-state index in [1.54, 1.807) is 0 Å². The summed E-state index contributed by atoms with van der Waals surface area (Å²) in [5, 5.41) is 76.1. The van der Waals surface area contributed by atoms with Crippen LogP contribution in [0, 0.1) is 0 Å². The molecule has 1 aliphatic rings. The normalized spacial score (nSPS) is 34.9. The average molecular weight is 425 g/mol. The summed E-state index contributed by atoms with van der Waals surface area (Å²) >= 11 is 0. The Balaban J connectivity index is 2.98. The summed E-state index contributed by atoms with van der Waals surface area (Å²) in [4.78, 5) is 0. The molecule has 14 heteroatoms. The Labute approximate surface area is 152 Å². The minimum Gasteiger partial charge on any atom is -0.394 e. The van der Waals surface area contributed by atoms with Crippen molar-refractivity contribution in [2.24, 2.45) is 0 Å². The van der Waals surface area contributed by atoms with Crippen molar-refractivity contribution in [2.45, 2.75) is 48.0 Å². The fourth-order valence-electron chi connectivity index (χ4n) is 2.62. The van der Waals surface area contributed by atoms with E-state index in [2.05, 4.69) is 4.18 Å². The summed E-state index contributed by atoms with van der Waals surface area (Å²) in [6, 6.07) is 0. The molecule has 1 fully saturated rings. The Morgan fingerprint density at radius 2 is 1.62 bits per heavy atom. The van der Waals surface area contributed by atoms with Gasteiger partial charge in [-0.05, 0) is 0 Å². The summed E-state index contributed by atoms with van der Waals surface area (Å²) < 4.78 is 34.9. The van der Waals surface area contributed by atoms with E-state index in [0.717, 1.165) is 0 Å². The molecule has 0 aromatic heterocycles. The third-order valence-electron chi connectivity index (χ3n) is 4.03. The number of rotatable bonds is 9. The van der Waals surface area contributed by atoms with Crippen molar-refractivity contribution in [1.29, 1.82) is 0 Å². The van der Waals surface area contributed by atoms with Crippen LogP contribution in [0.15, 0.2) is 0 Å². The van der Waals surface area contributed by atoms with Crippen molar-refractivity contribution >= 4 is 21.3 Å². The molecule has 0 bridgehead atoms. The smallest absolute Gasteiger partial charge is 0.394 e. The summed E-state index contributed by atoms with van der Waals surface area (Å²) in [6.07, 6.45) is -12.3. The van der Waals surface area contributed by atoms with E-state index in [4.69, 9.17) is 9.66 Å². The van der Waals surface area contributed by atoms with Crippen molar-refractivity contribution in [3.8, 4) is 0 Å². The highest BCUT2D eigenvalue weighted by Crippen LogP contribution is 2.26. The van der Waals surface area contributed by atoms with Crippen LogP contribution in [0.2, 0.25) is 0 Å². The van der Waals surface area contributed by atoms with Crippen molar-refractivity contribution in [3.63, 3.8) is 0 Å². The first-order valence-electron chi connectivity index (χ1n) is 7.55. The molecule has 1 heterocycles. The van der Waals surface area contributed by atoms with Gasteiger partial charge in [-0.2, -0.15) is 8.42 Å². The maximum atomic E-state index is 10.9. The SMILES string of the molecule is O=S(=O)(O)O[C@@H]([C@H](O)[C@H](O)CO)[C@@H](O)C[S+]1C[C@@H](O)[C@@H](O)[C@H](O)[C@@H]1CO. The van der Waals surface area contributed by atoms with Crippen molar-refractivity contribution in [1.82, 2.24) is 0 Å². The Bertz CT molecular complexity index is 530. The molecule has 0 radical (unpaired) electrons. The monoisotopic (exact) mass is 425 g/mol. The molecule has 0 aromatic carbocycles. The van der Waals surface area contributed by atoms with Gasteiger partial charge in [0.05, 0.1) is 13.2 Å². The molecule has 1 unspecified atom stereocenters. The second kappa shape index (κ2) is 9.90. The van der Waals surface area contributed by atoms with E-state index in [0.29, 0.717) is 0 Å². The summed E-state index contributed by atoms with van der Waals surface area (Å²) in [5.74, 6) is -0.542. The van der Waals surface area contributed by atoms with Gasteiger partial charge in [0.15, 0.2) is 5.25 Å². The number of aliphatic hydroxyl groups is 8. The van der Waals surface area contributed by atoms with Gasteiger partial charge in [-0.25, -0.2) is 4.18 Å². The molecule has 0 amide bonds. The summed E-state index contributed by atoms with van der Waals surface area (Å²) in [7, 11) is -6.29. The van der Waals surface area contributed by atoms with E-state index >= 15 is 0 Å². The van der Waals surface area contributed by atoms with Crippen molar-refractivity contribution < 1.29 is 58.0 Å². The topological polar surface area (TPSA) is 225 Å².